The summed E-state index contributed by atoms with van der Waals surface area (Å²) < 4.78 is 5.13. The van der Waals surface area contributed by atoms with Crippen LogP contribution in [-0.2, 0) is 22.4 Å². The molecule has 0 bridgehead atoms. The number of methoxy groups -OCH3 is 1. The Bertz CT molecular complexity index is 525. The van der Waals surface area contributed by atoms with E-state index in [0.29, 0.717) is 37.7 Å². The van der Waals surface area contributed by atoms with Crippen LogP contribution in [0.1, 0.15) is 24.6 Å². The molecule has 0 N–H and O–H groups in total. The van der Waals surface area contributed by atoms with Gasteiger partial charge in [-0.25, -0.2) is 9.97 Å². The Morgan fingerprint density at radius 3 is 2.71 bits per heavy atom. The molecular formula is C14H19Cl2N3O2. The third-order valence-corrected chi connectivity index (χ3v) is 4.27. The van der Waals surface area contributed by atoms with Gasteiger partial charge in [0.05, 0.1) is 18.2 Å². The highest BCUT2D eigenvalue weighted by Gasteiger charge is 2.26. The molecular weight excluding hydrogens is 313 g/mol. The molecule has 0 saturated carbocycles. The molecule has 1 aliphatic heterocycles. The zero-order valence-corrected chi connectivity index (χ0v) is 13.7. The number of aromatic nitrogens is 2. The van der Waals surface area contributed by atoms with Gasteiger partial charge in [-0.3, -0.25) is 4.79 Å². The van der Waals surface area contributed by atoms with E-state index in [4.69, 9.17) is 27.9 Å². The SMILES string of the molecule is CCC(COC)C(=O)N1CCc2nc(Cl)nc(Cl)c2CC1. The highest BCUT2D eigenvalue weighted by molar-refractivity contribution is 6.32. The Balaban J connectivity index is 2.12. The topological polar surface area (TPSA) is 55.3 Å². The predicted molar refractivity (Wildman–Crippen MR) is 81.7 cm³/mol. The molecule has 1 aliphatic rings. The molecule has 1 aromatic rings. The summed E-state index contributed by atoms with van der Waals surface area (Å²) in [4.78, 5) is 22.6. The van der Waals surface area contributed by atoms with E-state index in [9.17, 15) is 4.79 Å². The molecule has 0 radical (unpaired) electrons. The Labute approximate surface area is 134 Å². The first kappa shape index (κ1) is 16.5. The van der Waals surface area contributed by atoms with E-state index in [2.05, 4.69) is 9.97 Å². The van der Waals surface area contributed by atoms with Crippen molar-refractivity contribution in [2.24, 2.45) is 5.92 Å². The van der Waals surface area contributed by atoms with Crippen LogP contribution < -0.4 is 0 Å². The van der Waals surface area contributed by atoms with E-state index in [1.807, 2.05) is 11.8 Å². The van der Waals surface area contributed by atoms with Gasteiger partial charge in [-0.05, 0) is 24.4 Å². The average Bonchev–Trinajstić information content (AvgIpc) is 2.66. The lowest BCUT2D eigenvalue weighted by atomic mass is 10.1. The fraction of sp³-hybridized carbons (Fsp3) is 0.643. The van der Waals surface area contributed by atoms with Crippen molar-refractivity contribution in [1.82, 2.24) is 14.9 Å². The minimum Gasteiger partial charge on any atom is -0.384 e. The molecule has 0 aromatic carbocycles. The van der Waals surface area contributed by atoms with E-state index >= 15 is 0 Å². The third-order valence-electron chi connectivity index (χ3n) is 3.79. The largest absolute Gasteiger partial charge is 0.384 e. The number of ether oxygens (including phenoxy) is 1. The summed E-state index contributed by atoms with van der Waals surface area (Å²) >= 11 is 12.0. The maximum Gasteiger partial charge on any atom is 0.228 e. The summed E-state index contributed by atoms with van der Waals surface area (Å²) in [6.45, 7) is 3.69. The van der Waals surface area contributed by atoms with Crippen LogP contribution in [-0.4, -0.2) is 47.6 Å². The molecule has 21 heavy (non-hydrogen) atoms. The van der Waals surface area contributed by atoms with Crippen molar-refractivity contribution in [3.8, 4) is 0 Å². The quantitative estimate of drug-likeness (QED) is 0.627. The van der Waals surface area contributed by atoms with Gasteiger partial charge in [0.15, 0.2) is 0 Å². The maximum atomic E-state index is 12.5. The molecule has 7 heteroatoms. The number of carbonyl (C=O) groups excluding carboxylic acids is 1. The zero-order chi connectivity index (χ0) is 15.4. The second-order valence-corrected chi connectivity index (χ2v) is 5.79. The fourth-order valence-corrected chi connectivity index (χ4v) is 3.08. The number of rotatable bonds is 4. The molecule has 1 unspecified atom stereocenters. The van der Waals surface area contributed by atoms with Gasteiger partial charge >= 0.3 is 0 Å². The van der Waals surface area contributed by atoms with Crippen LogP contribution >= 0.6 is 23.2 Å². The van der Waals surface area contributed by atoms with Crippen molar-refractivity contribution >= 4 is 29.1 Å². The Morgan fingerprint density at radius 2 is 2.05 bits per heavy atom. The lowest BCUT2D eigenvalue weighted by molar-refractivity contribution is -0.137. The van der Waals surface area contributed by atoms with Gasteiger partial charge < -0.3 is 9.64 Å². The highest BCUT2D eigenvalue weighted by Crippen LogP contribution is 2.23. The predicted octanol–water partition coefficient (Wildman–Crippen LogP) is 2.38. The number of halogens is 2. The number of amides is 1. The average molecular weight is 332 g/mol. The smallest absolute Gasteiger partial charge is 0.228 e. The second kappa shape index (κ2) is 7.38. The lowest BCUT2D eigenvalue weighted by Gasteiger charge is -2.25. The van der Waals surface area contributed by atoms with Gasteiger partial charge in [0.2, 0.25) is 11.2 Å². The van der Waals surface area contributed by atoms with Crippen molar-refractivity contribution in [1.29, 1.82) is 0 Å². The third kappa shape index (κ3) is 3.84. The number of carbonyl (C=O) groups is 1. The highest BCUT2D eigenvalue weighted by atomic mass is 35.5. The first-order valence-corrected chi connectivity index (χ1v) is 7.80. The zero-order valence-electron chi connectivity index (χ0n) is 12.2. The Morgan fingerprint density at radius 1 is 1.33 bits per heavy atom. The summed E-state index contributed by atoms with van der Waals surface area (Å²) in [6, 6.07) is 0. The molecule has 1 atom stereocenters. The first-order chi connectivity index (χ1) is 10.1. The number of fused-ring (bicyclic) bond motifs is 1. The van der Waals surface area contributed by atoms with Crippen LogP contribution in [0.15, 0.2) is 0 Å². The van der Waals surface area contributed by atoms with E-state index in [1.165, 1.54) is 0 Å². The monoisotopic (exact) mass is 331 g/mol. The van der Waals surface area contributed by atoms with Crippen molar-refractivity contribution in [2.75, 3.05) is 26.8 Å². The number of hydrogen-bond acceptors (Lipinski definition) is 4. The minimum atomic E-state index is -0.0960. The van der Waals surface area contributed by atoms with Gasteiger partial charge in [0.1, 0.15) is 5.15 Å². The molecule has 0 fully saturated rings. The van der Waals surface area contributed by atoms with E-state index in [-0.39, 0.29) is 17.1 Å². The molecule has 2 heterocycles. The van der Waals surface area contributed by atoms with E-state index in [1.54, 1.807) is 7.11 Å². The molecule has 5 nitrogen and oxygen atoms in total. The summed E-state index contributed by atoms with van der Waals surface area (Å²) in [5.74, 6) is 0.0312. The van der Waals surface area contributed by atoms with Crippen LogP contribution in [0, 0.1) is 5.92 Å². The van der Waals surface area contributed by atoms with Gasteiger partial charge in [0, 0.05) is 32.2 Å². The molecule has 1 aromatic heterocycles. The standard InChI is InChI=1S/C14H19Cl2N3O2/c1-3-9(8-21-2)13(20)19-6-4-10-11(5-7-19)17-14(16)18-12(10)15/h9H,3-8H2,1-2H3. The van der Waals surface area contributed by atoms with Crippen LogP contribution in [0.25, 0.3) is 0 Å². The first-order valence-electron chi connectivity index (χ1n) is 7.05. The van der Waals surface area contributed by atoms with E-state index in [0.717, 1.165) is 17.7 Å². The van der Waals surface area contributed by atoms with Crippen molar-refractivity contribution in [3.05, 3.63) is 21.7 Å². The van der Waals surface area contributed by atoms with Crippen LogP contribution in [0.2, 0.25) is 10.4 Å². The van der Waals surface area contributed by atoms with Crippen molar-refractivity contribution < 1.29 is 9.53 Å². The summed E-state index contributed by atoms with van der Waals surface area (Å²) in [6.07, 6.45) is 2.06. The van der Waals surface area contributed by atoms with Gasteiger partial charge in [-0.15, -0.1) is 0 Å². The van der Waals surface area contributed by atoms with Gasteiger partial charge in [-0.2, -0.15) is 0 Å². The molecule has 2 rings (SSSR count). The fourth-order valence-electron chi connectivity index (χ4n) is 2.57. The molecule has 1 amide bonds. The molecule has 0 aliphatic carbocycles. The van der Waals surface area contributed by atoms with Crippen LogP contribution in [0.3, 0.4) is 0 Å². The van der Waals surface area contributed by atoms with E-state index < -0.39 is 0 Å². The van der Waals surface area contributed by atoms with Crippen molar-refractivity contribution in [2.45, 2.75) is 26.2 Å². The molecule has 0 spiro atoms. The van der Waals surface area contributed by atoms with Gasteiger partial charge in [-0.1, -0.05) is 18.5 Å². The van der Waals surface area contributed by atoms with Gasteiger partial charge in [0.25, 0.3) is 0 Å². The number of nitrogens with zero attached hydrogens (tertiary/aromatic N) is 3. The molecule has 116 valence electrons. The summed E-state index contributed by atoms with van der Waals surface area (Å²) in [5.41, 5.74) is 1.74. The van der Waals surface area contributed by atoms with Crippen LogP contribution in [0.4, 0.5) is 0 Å². The lowest BCUT2D eigenvalue weighted by Crippen LogP contribution is -2.39. The Kier molecular flexibility index (Phi) is 5.79. The maximum absolute atomic E-state index is 12.5. The minimum absolute atomic E-state index is 0.0960. The normalized spacial score (nSPS) is 16.3. The van der Waals surface area contributed by atoms with Crippen molar-refractivity contribution in [3.63, 3.8) is 0 Å². The number of hydrogen-bond donors (Lipinski definition) is 0. The molecule has 0 saturated heterocycles. The van der Waals surface area contributed by atoms with Crippen LogP contribution in [0.5, 0.6) is 0 Å². The summed E-state index contributed by atoms with van der Waals surface area (Å²) in [5, 5.41) is 0.549. The summed E-state index contributed by atoms with van der Waals surface area (Å²) in [7, 11) is 1.62. The Hall–Kier alpha value is -0.910. The second-order valence-electron chi connectivity index (χ2n) is 5.09.